The van der Waals surface area contributed by atoms with Gasteiger partial charge in [0.1, 0.15) is 0 Å². The molecule has 91 valence electrons. The molecule has 5 heteroatoms. The van der Waals surface area contributed by atoms with E-state index >= 15 is 0 Å². The first-order chi connectivity index (χ1) is 8.18. The number of esters is 1. The van der Waals surface area contributed by atoms with Crippen LogP contribution >= 0.6 is 0 Å². The van der Waals surface area contributed by atoms with Crippen molar-refractivity contribution in [3.05, 3.63) is 54.1 Å². The van der Waals surface area contributed by atoms with Crippen LogP contribution in [0.15, 0.2) is 48.5 Å². The van der Waals surface area contributed by atoms with Crippen molar-refractivity contribution in [2.24, 2.45) is 0 Å². The molecule has 0 heterocycles. The number of para-hydroxylation sites is 1. The Morgan fingerprint density at radius 1 is 0.889 bits per heavy atom. The molecule has 0 aliphatic rings. The second-order valence-electron chi connectivity index (χ2n) is 3.38. The molecule has 18 heavy (non-hydrogen) atoms. The molecule has 0 aromatic heterocycles. The summed E-state index contributed by atoms with van der Waals surface area (Å²) in [6.07, 6.45) is 0. The maximum absolute atomic E-state index is 11.7. The topological polar surface area (TPSA) is 66.8 Å². The standard InChI is InChI=1S/C13H10O4.Fe/c14-10-7-4-8-11(15)12(10)17-13(16)9-5-2-1-3-6-9;/h1-8,14-15H;/q;+3. The van der Waals surface area contributed by atoms with E-state index < -0.39 is 5.97 Å². The number of carbonyl (C=O) groups excluding carboxylic acids is 1. The Morgan fingerprint density at radius 3 is 2.00 bits per heavy atom. The SMILES string of the molecule is O=C(Oc1c(O)cccc1O)c1ccccc1.[Fe+3]. The summed E-state index contributed by atoms with van der Waals surface area (Å²) in [6, 6.07) is 12.4. The van der Waals surface area contributed by atoms with Gasteiger partial charge < -0.3 is 14.9 Å². The molecule has 0 spiro atoms. The van der Waals surface area contributed by atoms with Gasteiger partial charge in [-0.25, -0.2) is 4.79 Å². The van der Waals surface area contributed by atoms with Crippen molar-refractivity contribution in [3.63, 3.8) is 0 Å². The van der Waals surface area contributed by atoms with Crippen LogP contribution in [-0.2, 0) is 17.1 Å². The van der Waals surface area contributed by atoms with Gasteiger partial charge in [0.25, 0.3) is 0 Å². The van der Waals surface area contributed by atoms with Crippen molar-refractivity contribution in [2.45, 2.75) is 0 Å². The van der Waals surface area contributed by atoms with Gasteiger partial charge >= 0.3 is 23.0 Å². The van der Waals surface area contributed by atoms with Crippen LogP contribution in [0.5, 0.6) is 17.2 Å². The van der Waals surface area contributed by atoms with Crippen LogP contribution in [0.25, 0.3) is 0 Å². The predicted octanol–water partition coefficient (Wildman–Crippen LogP) is 2.31. The number of phenols is 2. The van der Waals surface area contributed by atoms with Crippen LogP contribution in [0.1, 0.15) is 10.4 Å². The molecule has 2 rings (SSSR count). The zero-order valence-corrected chi connectivity index (χ0v) is 10.3. The number of benzene rings is 2. The minimum atomic E-state index is -0.637. The number of rotatable bonds is 2. The molecule has 1 radical (unpaired) electrons. The van der Waals surface area contributed by atoms with Gasteiger partial charge in [0.15, 0.2) is 11.5 Å². The number of hydrogen-bond acceptors (Lipinski definition) is 4. The average molecular weight is 286 g/mol. The molecule has 4 nitrogen and oxygen atoms in total. The van der Waals surface area contributed by atoms with E-state index in [0.717, 1.165) is 0 Å². The van der Waals surface area contributed by atoms with Gasteiger partial charge in [0, 0.05) is 0 Å². The average Bonchev–Trinajstić information content (AvgIpc) is 2.35. The number of carbonyl (C=O) groups is 1. The van der Waals surface area contributed by atoms with Crippen molar-refractivity contribution in [3.8, 4) is 17.2 Å². The summed E-state index contributed by atoms with van der Waals surface area (Å²) in [5.74, 6) is -1.44. The van der Waals surface area contributed by atoms with Crippen molar-refractivity contribution in [1.29, 1.82) is 0 Å². The molecule has 0 aliphatic carbocycles. The van der Waals surface area contributed by atoms with E-state index in [0.29, 0.717) is 5.56 Å². The smallest absolute Gasteiger partial charge is 0.504 e. The third-order valence-corrected chi connectivity index (χ3v) is 2.18. The van der Waals surface area contributed by atoms with E-state index in [9.17, 15) is 15.0 Å². The second-order valence-corrected chi connectivity index (χ2v) is 3.38. The fourth-order valence-corrected chi connectivity index (χ4v) is 1.34. The van der Waals surface area contributed by atoms with Gasteiger partial charge in [-0.1, -0.05) is 24.3 Å². The third-order valence-electron chi connectivity index (χ3n) is 2.18. The maximum atomic E-state index is 11.7. The van der Waals surface area contributed by atoms with Crippen LogP contribution < -0.4 is 4.74 Å². The molecule has 0 fully saturated rings. The summed E-state index contributed by atoms with van der Waals surface area (Å²) >= 11 is 0. The zero-order chi connectivity index (χ0) is 12.3. The fourth-order valence-electron chi connectivity index (χ4n) is 1.34. The minimum absolute atomic E-state index is 0. The second kappa shape index (κ2) is 6.10. The van der Waals surface area contributed by atoms with E-state index in [1.165, 1.54) is 18.2 Å². The van der Waals surface area contributed by atoms with Gasteiger partial charge in [0.2, 0.25) is 5.75 Å². The Labute approximate surface area is 114 Å². The number of aromatic hydroxyl groups is 2. The molecular weight excluding hydrogens is 276 g/mol. The molecule has 0 saturated heterocycles. The molecule has 0 aliphatic heterocycles. The zero-order valence-electron chi connectivity index (χ0n) is 9.18. The van der Waals surface area contributed by atoms with Gasteiger partial charge in [0.05, 0.1) is 5.56 Å². The monoisotopic (exact) mass is 286 g/mol. The molecule has 2 N–H and O–H groups in total. The summed E-state index contributed by atoms with van der Waals surface area (Å²) in [6.45, 7) is 0. The first-order valence-electron chi connectivity index (χ1n) is 4.96. The van der Waals surface area contributed by atoms with Crippen LogP contribution in [0.3, 0.4) is 0 Å². The van der Waals surface area contributed by atoms with Gasteiger partial charge in [-0.05, 0) is 24.3 Å². The molecule has 0 bridgehead atoms. The van der Waals surface area contributed by atoms with Crippen LogP contribution in [0.2, 0.25) is 0 Å². The van der Waals surface area contributed by atoms with Crippen molar-refractivity contribution < 1.29 is 36.8 Å². The van der Waals surface area contributed by atoms with Crippen molar-refractivity contribution in [1.82, 2.24) is 0 Å². The first-order valence-corrected chi connectivity index (χ1v) is 4.96. The number of phenolic OH excluding ortho intramolecular Hbond substituents is 2. The first kappa shape index (κ1) is 14.1. The molecule has 0 amide bonds. The summed E-state index contributed by atoms with van der Waals surface area (Å²) in [4.78, 5) is 11.7. The summed E-state index contributed by atoms with van der Waals surface area (Å²) in [5, 5.41) is 18.9. The van der Waals surface area contributed by atoms with Gasteiger partial charge in [-0.15, -0.1) is 0 Å². The van der Waals surface area contributed by atoms with E-state index in [1.54, 1.807) is 30.3 Å². The Morgan fingerprint density at radius 2 is 1.44 bits per heavy atom. The van der Waals surface area contributed by atoms with Crippen LogP contribution in [0, 0.1) is 0 Å². The van der Waals surface area contributed by atoms with E-state index in [1.807, 2.05) is 0 Å². The summed E-state index contributed by atoms with van der Waals surface area (Å²) in [7, 11) is 0. The predicted molar refractivity (Wildman–Crippen MR) is 61.2 cm³/mol. The van der Waals surface area contributed by atoms with Gasteiger partial charge in [-0.3, -0.25) is 0 Å². The largest absolute Gasteiger partial charge is 3.00 e. The molecular formula is C13H10FeO4+3. The fraction of sp³-hybridized carbons (Fsp3) is 0. The Hall–Kier alpha value is -1.97. The Bertz CT molecular complexity index is 520. The van der Waals surface area contributed by atoms with Crippen molar-refractivity contribution >= 4 is 5.97 Å². The minimum Gasteiger partial charge on any atom is -0.504 e. The summed E-state index contributed by atoms with van der Waals surface area (Å²) < 4.78 is 4.92. The maximum Gasteiger partial charge on any atom is 3.00 e. The van der Waals surface area contributed by atoms with E-state index in [4.69, 9.17) is 4.74 Å². The number of hydrogen-bond donors (Lipinski definition) is 2. The van der Waals surface area contributed by atoms with Crippen molar-refractivity contribution in [2.75, 3.05) is 0 Å². The Kier molecular flexibility index (Phi) is 4.77. The molecule has 0 unspecified atom stereocenters. The van der Waals surface area contributed by atoms with E-state index in [-0.39, 0.29) is 34.3 Å². The normalized spacial score (nSPS) is 9.33. The van der Waals surface area contributed by atoms with Crippen LogP contribution in [-0.4, -0.2) is 16.2 Å². The quantitative estimate of drug-likeness (QED) is 0.505. The summed E-state index contributed by atoms with van der Waals surface area (Å²) in [5.41, 5.74) is 0.343. The van der Waals surface area contributed by atoms with Crippen LogP contribution in [0.4, 0.5) is 0 Å². The number of ether oxygens (including phenoxy) is 1. The Balaban J connectivity index is 0.00000162. The molecule has 2 aromatic carbocycles. The molecule has 0 atom stereocenters. The van der Waals surface area contributed by atoms with E-state index in [2.05, 4.69) is 0 Å². The van der Waals surface area contributed by atoms with Gasteiger partial charge in [-0.2, -0.15) is 0 Å². The molecule has 2 aromatic rings. The molecule has 0 saturated carbocycles. The third kappa shape index (κ3) is 3.03.